The molecule has 0 spiro atoms. The molecule has 0 bridgehead atoms. The number of oxime groups is 1. The summed E-state index contributed by atoms with van der Waals surface area (Å²) in [5.41, 5.74) is 8.90. The number of anilines is 1. The molecule has 20 heavy (non-hydrogen) atoms. The van der Waals surface area contributed by atoms with Crippen molar-refractivity contribution in [3.8, 4) is 11.1 Å². The summed E-state index contributed by atoms with van der Waals surface area (Å²) in [5.74, 6) is 0.270. The predicted molar refractivity (Wildman–Crippen MR) is 83.0 cm³/mol. The van der Waals surface area contributed by atoms with Crippen molar-refractivity contribution in [1.29, 1.82) is 0 Å². The highest BCUT2D eigenvalue weighted by Gasteiger charge is 1.98. The zero-order chi connectivity index (χ0) is 14.2. The van der Waals surface area contributed by atoms with Gasteiger partial charge in [-0.1, -0.05) is 47.6 Å². The lowest BCUT2D eigenvalue weighted by atomic mass is 10.1. The van der Waals surface area contributed by atoms with Crippen LogP contribution < -0.4 is 11.1 Å². The molecule has 0 heterocycles. The molecule has 0 atom stereocenters. The molecule has 2 rings (SSSR count). The smallest absolute Gasteiger partial charge is 0.139 e. The van der Waals surface area contributed by atoms with Crippen molar-refractivity contribution in [2.75, 3.05) is 11.9 Å². The molecule has 0 aliphatic rings. The van der Waals surface area contributed by atoms with Crippen LogP contribution in [0.15, 0.2) is 59.8 Å². The van der Waals surface area contributed by atoms with Gasteiger partial charge in [-0.25, -0.2) is 0 Å². The molecule has 2 aromatic carbocycles. The van der Waals surface area contributed by atoms with Gasteiger partial charge in [-0.15, -0.1) is 0 Å². The fourth-order valence-electron chi connectivity index (χ4n) is 1.96. The monoisotopic (exact) mass is 269 g/mol. The Balaban J connectivity index is 1.86. The maximum absolute atomic E-state index is 8.43. The predicted octanol–water partition coefficient (Wildman–Crippen LogP) is 3.29. The number of benzene rings is 2. The van der Waals surface area contributed by atoms with Gasteiger partial charge in [0.05, 0.1) is 0 Å². The van der Waals surface area contributed by atoms with Gasteiger partial charge >= 0.3 is 0 Å². The third kappa shape index (κ3) is 4.02. The molecule has 0 saturated carbocycles. The molecule has 0 saturated heterocycles. The normalized spacial score (nSPS) is 11.3. The Bertz CT molecular complexity index is 550. The summed E-state index contributed by atoms with van der Waals surface area (Å²) in [6.07, 6.45) is 1.42. The Morgan fingerprint density at radius 3 is 2.30 bits per heavy atom. The average Bonchev–Trinajstić information content (AvgIpc) is 2.52. The molecule has 4 heteroatoms. The topological polar surface area (TPSA) is 70.6 Å². The van der Waals surface area contributed by atoms with E-state index in [0.717, 1.165) is 18.7 Å². The van der Waals surface area contributed by atoms with Gasteiger partial charge in [0, 0.05) is 18.7 Å². The minimum absolute atomic E-state index is 0.270. The quantitative estimate of drug-likeness (QED) is 0.248. The summed E-state index contributed by atoms with van der Waals surface area (Å²) < 4.78 is 0. The van der Waals surface area contributed by atoms with E-state index in [1.807, 2.05) is 18.2 Å². The van der Waals surface area contributed by atoms with E-state index >= 15 is 0 Å². The second kappa shape index (κ2) is 7.19. The summed E-state index contributed by atoms with van der Waals surface area (Å²) in [4.78, 5) is 0. The van der Waals surface area contributed by atoms with E-state index < -0.39 is 0 Å². The van der Waals surface area contributed by atoms with Crippen LogP contribution >= 0.6 is 0 Å². The average molecular weight is 269 g/mol. The zero-order valence-corrected chi connectivity index (χ0v) is 11.3. The molecule has 0 unspecified atom stereocenters. The van der Waals surface area contributed by atoms with Crippen molar-refractivity contribution < 1.29 is 5.21 Å². The first-order valence-electron chi connectivity index (χ1n) is 6.65. The largest absolute Gasteiger partial charge is 0.409 e. The summed E-state index contributed by atoms with van der Waals surface area (Å²) in [7, 11) is 0. The number of rotatable bonds is 6. The van der Waals surface area contributed by atoms with Gasteiger partial charge in [0.2, 0.25) is 0 Å². The zero-order valence-electron chi connectivity index (χ0n) is 11.3. The Kier molecular flexibility index (Phi) is 5.00. The number of nitrogens with zero attached hydrogens (tertiary/aromatic N) is 1. The maximum atomic E-state index is 8.43. The molecule has 0 aliphatic heterocycles. The molecule has 0 aliphatic carbocycles. The number of nitrogens with one attached hydrogen (secondary N) is 1. The fourth-order valence-corrected chi connectivity index (χ4v) is 1.96. The number of amidine groups is 1. The lowest BCUT2D eigenvalue weighted by Crippen LogP contribution is -2.13. The Labute approximate surface area is 118 Å². The molecular weight excluding hydrogens is 250 g/mol. The number of nitrogens with two attached hydrogens (primary N) is 1. The third-order valence-corrected chi connectivity index (χ3v) is 3.06. The van der Waals surface area contributed by atoms with Crippen molar-refractivity contribution in [3.63, 3.8) is 0 Å². The van der Waals surface area contributed by atoms with Crippen molar-refractivity contribution in [1.82, 2.24) is 0 Å². The van der Waals surface area contributed by atoms with E-state index in [-0.39, 0.29) is 5.84 Å². The molecule has 0 radical (unpaired) electrons. The lowest BCUT2D eigenvalue weighted by Gasteiger charge is -2.07. The molecule has 104 valence electrons. The second-order valence-corrected chi connectivity index (χ2v) is 4.57. The van der Waals surface area contributed by atoms with Crippen LogP contribution in [0, 0.1) is 0 Å². The first-order chi connectivity index (χ1) is 9.79. The van der Waals surface area contributed by atoms with Crippen LogP contribution in [0.25, 0.3) is 11.1 Å². The van der Waals surface area contributed by atoms with Gasteiger partial charge in [0.25, 0.3) is 0 Å². The van der Waals surface area contributed by atoms with E-state index in [0.29, 0.717) is 6.42 Å². The van der Waals surface area contributed by atoms with Crippen molar-refractivity contribution in [2.45, 2.75) is 12.8 Å². The van der Waals surface area contributed by atoms with Gasteiger partial charge < -0.3 is 16.3 Å². The summed E-state index contributed by atoms with van der Waals surface area (Å²) in [6.45, 7) is 0.793. The molecule has 0 fully saturated rings. The van der Waals surface area contributed by atoms with Crippen LogP contribution in [0.4, 0.5) is 5.69 Å². The molecule has 0 aromatic heterocycles. The van der Waals surface area contributed by atoms with Gasteiger partial charge in [-0.05, 0) is 29.7 Å². The Morgan fingerprint density at radius 2 is 1.65 bits per heavy atom. The molecule has 4 nitrogen and oxygen atoms in total. The van der Waals surface area contributed by atoms with E-state index in [2.05, 4.69) is 46.9 Å². The summed E-state index contributed by atoms with van der Waals surface area (Å²) in [6, 6.07) is 18.6. The van der Waals surface area contributed by atoms with Crippen LogP contribution in [-0.2, 0) is 0 Å². The first kappa shape index (κ1) is 13.9. The molecule has 0 amide bonds. The van der Waals surface area contributed by atoms with Gasteiger partial charge in [-0.2, -0.15) is 0 Å². The highest BCUT2D eigenvalue weighted by molar-refractivity contribution is 5.79. The van der Waals surface area contributed by atoms with Crippen molar-refractivity contribution in [3.05, 3.63) is 54.6 Å². The fraction of sp³-hybridized carbons (Fsp3) is 0.188. The third-order valence-electron chi connectivity index (χ3n) is 3.06. The minimum Gasteiger partial charge on any atom is -0.409 e. The summed E-state index contributed by atoms with van der Waals surface area (Å²) in [5, 5.41) is 14.7. The Morgan fingerprint density at radius 1 is 1.00 bits per heavy atom. The van der Waals surface area contributed by atoms with E-state index in [1.54, 1.807) is 0 Å². The molecular formula is C16H19N3O. The van der Waals surface area contributed by atoms with Gasteiger partial charge in [0.1, 0.15) is 5.84 Å². The standard InChI is InChI=1S/C16H19N3O/c17-16(19-20)7-4-12-18-15-10-8-14(9-11-15)13-5-2-1-3-6-13/h1-3,5-6,8-11,18,20H,4,7,12H2,(H2,17,19). The van der Waals surface area contributed by atoms with Crippen LogP contribution in [-0.4, -0.2) is 17.6 Å². The number of hydrogen-bond donors (Lipinski definition) is 3. The second-order valence-electron chi connectivity index (χ2n) is 4.57. The molecule has 4 N–H and O–H groups in total. The highest BCUT2D eigenvalue weighted by atomic mass is 16.4. The SMILES string of the molecule is NC(CCCNc1ccc(-c2ccccc2)cc1)=NO. The number of hydrogen-bond acceptors (Lipinski definition) is 3. The van der Waals surface area contributed by atoms with Gasteiger partial charge in [-0.3, -0.25) is 0 Å². The van der Waals surface area contributed by atoms with Crippen LogP contribution in [0.5, 0.6) is 0 Å². The Hall–Kier alpha value is -2.49. The van der Waals surface area contributed by atoms with E-state index in [4.69, 9.17) is 10.9 Å². The lowest BCUT2D eigenvalue weighted by molar-refractivity contribution is 0.316. The summed E-state index contributed by atoms with van der Waals surface area (Å²) >= 11 is 0. The van der Waals surface area contributed by atoms with Crippen molar-refractivity contribution >= 4 is 11.5 Å². The van der Waals surface area contributed by atoms with E-state index in [9.17, 15) is 0 Å². The maximum Gasteiger partial charge on any atom is 0.139 e. The van der Waals surface area contributed by atoms with Crippen LogP contribution in [0.3, 0.4) is 0 Å². The minimum atomic E-state index is 0.270. The van der Waals surface area contributed by atoms with Crippen LogP contribution in [0.1, 0.15) is 12.8 Å². The van der Waals surface area contributed by atoms with Crippen molar-refractivity contribution in [2.24, 2.45) is 10.9 Å². The van der Waals surface area contributed by atoms with Crippen LogP contribution in [0.2, 0.25) is 0 Å². The van der Waals surface area contributed by atoms with Gasteiger partial charge in [0.15, 0.2) is 0 Å². The highest BCUT2D eigenvalue weighted by Crippen LogP contribution is 2.20. The van der Waals surface area contributed by atoms with E-state index in [1.165, 1.54) is 11.1 Å². The first-order valence-corrected chi connectivity index (χ1v) is 6.65. The molecule has 2 aromatic rings.